The Morgan fingerprint density at radius 3 is 2.42 bits per heavy atom. The molecule has 0 aromatic heterocycles. The van der Waals surface area contributed by atoms with E-state index in [4.69, 9.17) is 14.3 Å². The molecule has 2 aromatic rings. The fourth-order valence-corrected chi connectivity index (χ4v) is 1.99. The van der Waals surface area contributed by atoms with Gasteiger partial charge in [0.15, 0.2) is 0 Å². The first-order valence-electron chi connectivity index (χ1n) is 7.22. The van der Waals surface area contributed by atoms with Crippen molar-refractivity contribution in [3.8, 4) is 11.5 Å². The summed E-state index contributed by atoms with van der Waals surface area (Å²) in [4.78, 5) is 16.6. The van der Waals surface area contributed by atoms with Gasteiger partial charge in [-0.05, 0) is 29.8 Å². The molecule has 0 fully saturated rings. The van der Waals surface area contributed by atoms with Crippen molar-refractivity contribution in [1.29, 1.82) is 0 Å². The van der Waals surface area contributed by atoms with Crippen LogP contribution in [0.5, 0.6) is 11.5 Å². The molecule has 0 aliphatic carbocycles. The highest BCUT2D eigenvalue weighted by molar-refractivity contribution is 5.89. The number of methoxy groups -OCH3 is 3. The highest BCUT2D eigenvalue weighted by atomic mass is 16.6. The van der Waals surface area contributed by atoms with E-state index < -0.39 is 0 Å². The summed E-state index contributed by atoms with van der Waals surface area (Å²) in [7, 11) is 4.52. The van der Waals surface area contributed by atoms with E-state index in [2.05, 4.69) is 9.89 Å². The summed E-state index contributed by atoms with van der Waals surface area (Å²) in [5.41, 5.74) is 2.16. The van der Waals surface area contributed by atoms with Gasteiger partial charge in [-0.2, -0.15) is 0 Å². The van der Waals surface area contributed by atoms with Gasteiger partial charge in [-0.25, -0.2) is 4.79 Å². The zero-order valence-corrected chi connectivity index (χ0v) is 13.8. The predicted molar refractivity (Wildman–Crippen MR) is 89.7 cm³/mol. The van der Waals surface area contributed by atoms with Crippen LogP contribution >= 0.6 is 0 Å². The van der Waals surface area contributed by atoms with Gasteiger partial charge in [0.05, 0.1) is 33.1 Å². The van der Waals surface area contributed by atoms with E-state index in [1.165, 1.54) is 7.11 Å². The normalized spacial score (nSPS) is 10.5. The average Bonchev–Trinajstić information content (AvgIpc) is 2.65. The molecule has 0 atom stereocenters. The van der Waals surface area contributed by atoms with E-state index in [9.17, 15) is 4.79 Å². The van der Waals surface area contributed by atoms with Crippen molar-refractivity contribution < 1.29 is 23.8 Å². The summed E-state index contributed by atoms with van der Waals surface area (Å²) >= 11 is 0. The molecular formula is C18H19NO5. The molecule has 6 nitrogen and oxygen atoms in total. The van der Waals surface area contributed by atoms with Gasteiger partial charge in [-0.1, -0.05) is 17.3 Å². The molecule has 0 amide bonds. The Balaban J connectivity index is 1.94. The van der Waals surface area contributed by atoms with Gasteiger partial charge in [0.2, 0.25) is 0 Å². The van der Waals surface area contributed by atoms with Crippen LogP contribution in [0, 0.1) is 0 Å². The molecule has 0 saturated heterocycles. The Kier molecular flexibility index (Phi) is 6.19. The summed E-state index contributed by atoms with van der Waals surface area (Å²) in [5, 5.41) is 3.94. The van der Waals surface area contributed by atoms with Gasteiger partial charge < -0.3 is 19.0 Å². The van der Waals surface area contributed by atoms with E-state index in [1.54, 1.807) is 50.8 Å². The minimum Gasteiger partial charge on any atom is -0.497 e. The second-order valence-electron chi connectivity index (χ2n) is 4.80. The maximum absolute atomic E-state index is 11.4. The number of carbonyl (C=O) groups excluding carboxylic acids is 1. The lowest BCUT2D eigenvalue weighted by Gasteiger charge is -2.07. The molecule has 0 unspecified atom stereocenters. The Morgan fingerprint density at radius 2 is 1.79 bits per heavy atom. The van der Waals surface area contributed by atoms with Crippen LogP contribution in [-0.2, 0) is 16.2 Å². The van der Waals surface area contributed by atoms with Crippen LogP contribution in [0.4, 0.5) is 0 Å². The monoisotopic (exact) mass is 329 g/mol. The van der Waals surface area contributed by atoms with Crippen LogP contribution < -0.4 is 9.47 Å². The molecule has 24 heavy (non-hydrogen) atoms. The van der Waals surface area contributed by atoms with Crippen LogP contribution in [0.3, 0.4) is 0 Å². The van der Waals surface area contributed by atoms with E-state index in [0.29, 0.717) is 17.1 Å². The van der Waals surface area contributed by atoms with Crippen molar-refractivity contribution in [2.24, 2.45) is 5.16 Å². The molecule has 0 radical (unpaired) electrons. The van der Waals surface area contributed by atoms with Gasteiger partial charge >= 0.3 is 5.97 Å². The number of rotatable bonds is 7. The summed E-state index contributed by atoms with van der Waals surface area (Å²) in [6.07, 6.45) is 1.57. The lowest BCUT2D eigenvalue weighted by atomic mass is 10.1. The Labute approximate surface area is 140 Å². The number of benzene rings is 2. The first kappa shape index (κ1) is 17.3. The maximum Gasteiger partial charge on any atom is 0.337 e. The van der Waals surface area contributed by atoms with Crippen LogP contribution in [0.15, 0.2) is 47.6 Å². The molecule has 2 aromatic carbocycles. The summed E-state index contributed by atoms with van der Waals surface area (Å²) in [6, 6.07) is 12.4. The molecule has 0 heterocycles. The Morgan fingerprint density at radius 1 is 1.04 bits per heavy atom. The van der Waals surface area contributed by atoms with Crippen molar-refractivity contribution in [3.05, 3.63) is 59.2 Å². The number of carbonyl (C=O) groups is 1. The highest BCUT2D eigenvalue weighted by Crippen LogP contribution is 2.23. The third-order valence-corrected chi connectivity index (χ3v) is 3.31. The fraction of sp³-hybridized carbons (Fsp3) is 0.222. The van der Waals surface area contributed by atoms with Gasteiger partial charge in [-0.15, -0.1) is 0 Å². The van der Waals surface area contributed by atoms with Crippen molar-refractivity contribution >= 4 is 12.2 Å². The molecule has 0 spiro atoms. The van der Waals surface area contributed by atoms with Crippen LogP contribution in [0.25, 0.3) is 0 Å². The first-order chi connectivity index (χ1) is 11.7. The number of esters is 1. The quantitative estimate of drug-likeness (QED) is 0.444. The molecule has 0 saturated carbocycles. The second-order valence-corrected chi connectivity index (χ2v) is 4.80. The van der Waals surface area contributed by atoms with E-state index in [-0.39, 0.29) is 12.6 Å². The number of oxime groups is 1. The number of hydrogen-bond acceptors (Lipinski definition) is 6. The van der Waals surface area contributed by atoms with Gasteiger partial charge in [-0.3, -0.25) is 0 Å². The highest BCUT2D eigenvalue weighted by Gasteiger charge is 2.05. The predicted octanol–water partition coefficient (Wildman–Crippen LogP) is 3.04. The Bertz CT molecular complexity index is 710. The standard InChI is InChI=1S/C18H19NO5/c1-21-16-9-8-15(17(10-16)22-2)11-19-24-12-13-4-6-14(7-5-13)18(20)23-3/h4-11H,12H2,1-3H3. The van der Waals surface area contributed by atoms with Crippen molar-refractivity contribution in [2.45, 2.75) is 6.61 Å². The molecule has 2 rings (SSSR count). The topological polar surface area (TPSA) is 66.4 Å². The van der Waals surface area contributed by atoms with Gasteiger partial charge in [0, 0.05) is 11.6 Å². The molecule has 0 N–H and O–H groups in total. The van der Waals surface area contributed by atoms with Gasteiger partial charge in [0.1, 0.15) is 18.1 Å². The average molecular weight is 329 g/mol. The van der Waals surface area contributed by atoms with E-state index >= 15 is 0 Å². The van der Waals surface area contributed by atoms with Crippen molar-refractivity contribution in [2.75, 3.05) is 21.3 Å². The molecule has 0 bridgehead atoms. The smallest absolute Gasteiger partial charge is 0.337 e. The molecular weight excluding hydrogens is 310 g/mol. The lowest BCUT2D eigenvalue weighted by molar-refractivity contribution is 0.0600. The maximum atomic E-state index is 11.4. The van der Waals surface area contributed by atoms with Crippen molar-refractivity contribution in [3.63, 3.8) is 0 Å². The first-order valence-corrected chi connectivity index (χ1v) is 7.22. The third kappa shape index (κ3) is 4.49. The van der Waals surface area contributed by atoms with Crippen LogP contribution in [0.2, 0.25) is 0 Å². The molecule has 6 heteroatoms. The van der Waals surface area contributed by atoms with Crippen LogP contribution in [0.1, 0.15) is 21.5 Å². The third-order valence-electron chi connectivity index (χ3n) is 3.31. The SMILES string of the molecule is COC(=O)c1ccc(CON=Cc2ccc(OC)cc2OC)cc1. The lowest BCUT2D eigenvalue weighted by Crippen LogP contribution is -2.01. The molecule has 0 aliphatic heterocycles. The molecule has 126 valence electrons. The largest absolute Gasteiger partial charge is 0.497 e. The van der Waals surface area contributed by atoms with Crippen LogP contribution in [-0.4, -0.2) is 33.5 Å². The van der Waals surface area contributed by atoms with E-state index in [0.717, 1.165) is 11.1 Å². The summed E-state index contributed by atoms with van der Waals surface area (Å²) in [6.45, 7) is 0.288. The van der Waals surface area contributed by atoms with Gasteiger partial charge in [0.25, 0.3) is 0 Å². The fourth-order valence-electron chi connectivity index (χ4n) is 1.99. The second kappa shape index (κ2) is 8.57. The zero-order valence-electron chi connectivity index (χ0n) is 13.8. The molecule has 0 aliphatic rings. The summed E-state index contributed by atoms with van der Waals surface area (Å²) in [5.74, 6) is 0.979. The summed E-state index contributed by atoms with van der Waals surface area (Å²) < 4.78 is 15.1. The van der Waals surface area contributed by atoms with E-state index in [1.807, 2.05) is 12.1 Å². The van der Waals surface area contributed by atoms with Crippen molar-refractivity contribution in [1.82, 2.24) is 0 Å². The number of ether oxygens (including phenoxy) is 3. The minimum absolute atomic E-state index is 0.288. The zero-order chi connectivity index (χ0) is 17.4. The number of nitrogens with zero attached hydrogens (tertiary/aromatic N) is 1. The number of hydrogen-bond donors (Lipinski definition) is 0. The Hall–Kier alpha value is -3.02. The minimum atomic E-state index is -0.368.